The molecule has 0 unspecified atom stereocenters. The van der Waals surface area contributed by atoms with Crippen LogP contribution in [0.25, 0.3) is 0 Å². The molecule has 0 saturated carbocycles. The number of nitrogens with one attached hydrogen (secondary N) is 1. The first kappa shape index (κ1) is 16.7. The Kier molecular flexibility index (Phi) is 5.11. The minimum Gasteiger partial charge on any atom is -0.351 e. The van der Waals surface area contributed by atoms with Crippen molar-refractivity contribution in [2.75, 3.05) is 6.54 Å². The van der Waals surface area contributed by atoms with E-state index in [4.69, 9.17) is 0 Å². The summed E-state index contributed by atoms with van der Waals surface area (Å²) in [5.74, 6) is -0.403. The third kappa shape index (κ3) is 3.94. The predicted molar refractivity (Wildman–Crippen MR) is 89.8 cm³/mol. The highest BCUT2D eigenvalue weighted by Gasteiger charge is 2.21. The van der Waals surface area contributed by atoms with Crippen LogP contribution in [0.5, 0.6) is 0 Å². The van der Waals surface area contributed by atoms with Gasteiger partial charge >= 0.3 is 0 Å². The van der Waals surface area contributed by atoms with Gasteiger partial charge in [-0.25, -0.2) is 0 Å². The summed E-state index contributed by atoms with van der Waals surface area (Å²) < 4.78 is 0. The molecule has 0 heterocycles. The Bertz CT molecular complexity index is 754. The molecule has 0 aromatic heterocycles. The third-order valence-electron chi connectivity index (χ3n) is 3.86. The van der Waals surface area contributed by atoms with Crippen LogP contribution in [0.2, 0.25) is 0 Å². The first-order valence-corrected chi connectivity index (χ1v) is 7.48. The molecule has 1 amide bonds. The van der Waals surface area contributed by atoms with E-state index < -0.39 is 10.8 Å². The van der Waals surface area contributed by atoms with Crippen molar-refractivity contribution in [3.8, 4) is 0 Å². The lowest BCUT2D eigenvalue weighted by Gasteiger charge is -2.10. The van der Waals surface area contributed by atoms with Crippen molar-refractivity contribution in [3.63, 3.8) is 0 Å². The van der Waals surface area contributed by atoms with E-state index in [1.807, 2.05) is 19.9 Å². The number of hydrogen-bond acceptors (Lipinski definition) is 3. The second-order valence-electron chi connectivity index (χ2n) is 5.66. The van der Waals surface area contributed by atoms with Crippen LogP contribution in [-0.4, -0.2) is 17.4 Å². The van der Waals surface area contributed by atoms with Gasteiger partial charge in [-0.2, -0.15) is 0 Å². The lowest BCUT2D eigenvalue weighted by molar-refractivity contribution is -0.385. The molecule has 0 bridgehead atoms. The van der Waals surface area contributed by atoms with Gasteiger partial charge in [0.05, 0.1) is 4.92 Å². The molecule has 5 nitrogen and oxygen atoms in total. The number of carbonyl (C=O) groups is 1. The van der Waals surface area contributed by atoms with Gasteiger partial charge in [0, 0.05) is 12.6 Å². The monoisotopic (exact) mass is 312 g/mol. The molecule has 120 valence electrons. The third-order valence-corrected chi connectivity index (χ3v) is 3.86. The Morgan fingerprint density at radius 1 is 1.13 bits per heavy atom. The quantitative estimate of drug-likeness (QED) is 0.678. The molecule has 0 spiro atoms. The number of nitro benzene ring substituents is 1. The van der Waals surface area contributed by atoms with Crippen LogP contribution in [0.4, 0.5) is 5.69 Å². The number of aryl methyl sites for hydroxylation is 3. The maximum atomic E-state index is 12.3. The van der Waals surface area contributed by atoms with Crippen LogP contribution < -0.4 is 5.32 Å². The summed E-state index contributed by atoms with van der Waals surface area (Å²) in [6.07, 6.45) is 0.693. The first-order valence-electron chi connectivity index (χ1n) is 7.48. The van der Waals surface area contributed by atoms with E-state index >= 15 is 0 Å². The zero-order valence-electron chi connectivity index (χ0n) is 13.6. The van der Waals surface area contributed by atoms with Gasteiger partial charge in [-0.15, -0.1) is 0 Å². The fourth-order valence-electron chi connectivity index (χ4n) is 2.57. The molecule has 0 radical (unpaired) electrons. The van der Waals surface area contributed by atoms with Crippen molar-refractivity contribution in [1.29, 1.82) is 0 Å². The fraction of sp³-hybridized carbons (Fsp3) is 0.278. The molecule has 2 rings (SSSR count). The van der Waals surface area contributed by atoms with Gasteiger partial charge in [0.2, 0.25) is 0 Å². The summed E-state index contributed by atoms with van der Waals surface area (Å²) >= 11 is 0. The molecule has 0 aliphatic heterocycles. The minimum atomic E-state index is -0.521. The predicted octanol–water partition coefficient (Wildman–Crippen LogP) is 3.49. The lowest BCUT2D eigenvalue weighted by atomic mass is 10.0. The van der Waals surface area contributed by atoms with Crippen LogP contribution in [0.1, 0.15) is 32.6 Å². The number of rotatable bonds is 5. The topological polar surface area (TPSA) is 72.2 Å². The van der Waals surface area contributed by atoms with Crippen LogP contribution in [0.3, 0.4) is 0 Å². The Morgan fingerprint density at radius 2 is 1.87 bits per heavy atom. The molecule has 0 aliphatic carbocycles. The molecule has 5 heteroatoms. The van der Waals surface area contributed by atoms with Gasteiger partial charge in [0.15, 0.2) is 0 Å². The standard InChI is InChI=1S/C18H20N2O3/c1-12-7-8-13(2)15(11-12)9-10-19-18(21)17-14(3)5-4-6-16(17)20(22)23/h4-8,11H,9-10H2,1-3H3,(H,19,21). The number of hydrogen-bond donors (Lipinski definition) is 1. The fourth-order valence-corrected chi connectivity index (χ4v) is 2.57. The first-order chi connectivity index (χ1) is 10.9. The molecule has 23 heavy (non-hydrogen) atoms. The molecule has 0 aliphatic rings. The van der Waals surface area contributed by atoms with E-state index in [2.05, 4.69) is 17.4 Å². The number of benzene rings is 2. The molecule has 0 saturated heterocycles. The lowest BCUT2D eigenvalue weighted by Crippen LogP contribution is -2.27. The van der Waals surface area contributed by atoms with E-state index in [0.29, 0.717) is 18.5 Å². The van der Waals surface area contributed by atoms with Crippen molar-refractivity contribution in [2.24, 2.45) is 0 Å². The molecular weight excluding hydrogens is 292 g/mol. The summed E-state index contributed by atoms with van der Waals surface area (Å²) in [6.45, 7) is 6.20. The highest BCUT2D eigenvalue weighted by atomic mass is 16.6. The summed E-state index contributed by atoms with van der Waals surface area (Å²) in [4.78, 5) is 22.9. The number of amides is 1. The van der Waals surface area contributed by atoms with Crippen molar-refractivity contribution >= 4 is 11.6 Å². The number of nitro groups is 1. The van der Waals surface area contributed by atoms with Gasteiger partial charge in [-0.3, -0.25) is 14.9 Å². The summed E-state index contributed by atoms with van der Waals surface area (Å²) in [7, 11) is 0. The van der Waals surface area contributed by atoms with Crippen LogP contribution in [0, 0.1) is 30.9 Å². The highest BCUT2D eigenvalue weighted by molar-refractivity contribution is 5.99. The second kappa shape index (κ2) is 7.05. The van der Waals surface area contributed by atoms with E-state index in [1.54, 1.807) is 19.1 Å². The number of nitrogens with zero attached hydrogens (tertiary/aromatic N) is 1. The SMILES string of the molecule is Cc1ccc(C)c(CCNC(=O)c2c(C)cccc2[N+](=O)[O-])c1. The Balaban J connectivity index is 2.09. The molecule has 2 aromatic rings. The van der Waals surface area contributed by atoms with Gasteiger partial charge in [0.1, 0.15) is 5.56 Å². The van der Waals surface area contributed by atoms with Crippen LogP contribution in [0.15, 0.2) is 36.4 Å². The summed E-state index contributed by atoms with van der Waals surface area (Å²) in [5, 5.41) is 13.9. The van der Waals surface area contributed by atoms with Crippen LogP contribution in [-0.2, 0) is 6.42 Å². The molecule has 2 aromatic carbocycles. The van der Waals surface area contributed by atoms with Gasteiger partial charge in [0.25, 0.3) is 11.6 Å². The Hall–Kier alpha value is -2.69. The molecule has 0 atom stereocenters. The Labute approximate surface area is 135 Å². The average molecular weight is 312 g/mol. The van der Waals surface area contributed by atoms with Crippen molar-refractivity contribution in [1.82, 2.24) is 5.32 Å². The molecular formula is C18H20N2O3. The second-order valence-corrected chi connectivity index (χ2v) is 5.66. The smallest absolute Gasteiger partial charge is 0.282 e. The normalized spacial score (nSPS) is 10.4. The van der Waals surface area contributed by atoms with Gasteiger partial charge in [-0.05, 0) is 43.9 Å². The molecule has 1 N–H and O–H groups in total. The summed E-state index contributed by atoms with van der Waals surface area (Å²) in [6, 6.07) is 10.8. The Morgan fingerprint density at radius 3 is 2.57 bits per heavy atom. The zero-order chi connectivity index (χ0) is 17.0. The zero-order valence-corrected chi connectivity index (χ0v) is 13.6. The highest BCUT2D eigenvalue weighted by Crippen LogP contribution is 2.21. The number of carbonyl (C=O) groups excluding carboxylic acids is 1. The van der Waals surface area contributed by atoms with Crippen molar-refractivity contribution in [2.45, 2.75) is 27.2 Å². The van der Waals surface area contributed by atoms with Crippen LogP contribution >= 0.6 is 0 Å². The largest absolute Gasteiger partial charge is 0.351 e. The van der Waals surface area contributed by atoms with Crippen molar-refractivity contribution in [3.05, 3.63) is 74.3 Å². The van der Waals surface area contributed by atoms with Gasteiger partial charge in [-0.1, -0.05) is 35.9 Å². The van der Waals surface area contributed by atoms with E-state index in [9.17, 15) is 14.9 Å². The maximum absolute atomic E-state index is 12.3. The summed E-state index contributed by atoms with van der Waals surface area (Å²) in [5.41, 5.74) is 4.10. The van der Waals surface area contributed by atoms with E-state index in [-0.39, 0.29) is 11.3 Å². The van der Waals surface area contributed by atoms with Crippen molar-refractivity contribution < 1.29 is 9.72 Å². The molecule has 0 fully saturated rings. The minimum absolute atomic E-state index is 0.137. The van der Waals surface area contributed by atoms with Gasteiger partial charge < -0.3 is 5.32 Å². The maximum Gasteiger partial charge on any atom is 0.282 e. The van der Waals surface area contributed by atoms with E-state index in [1.165, 1.54) is 22.8 Å². The van der Waals surface area contributed by atoms with E-state index in [0.717, 1.165) is 0 Å². The average Bonchev–Trinajstić information content (AvgIpc) is 2.50.